The first-order chi connectivity index (χ1) is 13.6. The van der Waals surface area contributed by atoms with Crippen LogP contribution in [0.1, 0.15) is 17.5 Å². The molecule has 1 aromatic heterocycles. The topological polar surface area (TPSA) is 70.3 Å². The van der Waals surface area contributed by atoms with Crippen LogP contribution in [0.25, 0.3) is 0 Å². The van der Waals surface area contributed by atoms with Gasteiger partial charge < -0.3 is 24.3 Å². The van der Waals surface area contributed by atoms with Gasteiger partial charge in [-0.2, -0.15) is 0 Å². The molecule has 0 bridgehead atoms. The van der Waals surface area contributed by atoms with E-state index in [1.54, 1.807) is 42.3 Å². The van der Waals surface area contributed by atoms with Crippen LogP contribution in [0.5, 0.6) is 5.75 Å². The fourth-order valence-corrected chi connectivity index (χ4v) is 3.04. The predicted octanol–water partition coefficient (Wildman–Crippen LogP) is 2.84. The summed E-state index contributed by atoms with van der Waals surface area (Å²) in [7, 11) is 1.71. The second-order valence-corrected chi connectivity index (χ2v) is 6.54. The lowest BCUT2D eigenvalue weighted by atomic mass is 10.3. The zero-order valence-electron chi connectivity index (χ0n) is 16.5. The minimum Gasteiger partial charge on any atom is -0.486 e. The van der Waals surface area contributed by atoms with E-state index in [2.05, 4.69) is 15.2 Å². The lowest BCUT2D eigenvalue weighted by Crippen LogP contribution is -2.54. The fourth-order valence-electron chi connectivity index (χ4n) is 3.04. The summed E-state index contributed by atoms with van der Waals surface area (Å²) in [5.74, 6) is 0.844. The minimum atomic E-state index is -0.379. The first kappa shape index (κ1) is 23.0. The molecule has 1 aliphatic rings. The van der Waals surface area contributed by atoms with Gasteiger partial charge >= 0.3 is 0 Å². The summed E-state index contributed by atoms with van der Waals surface area (Å²) in [5, 5.41) is 3.26. The molecule has 1 aliphatic heterocycles. The molecule has 1 N–H and O–H groups in total. The van der Waals surface area contributed by atoms with E-state index in [-0.39, 0.29) is 47.6 Å². The second-order valence-electron chi connectivity index (χ2n) is 6.54. The summed E-state index contributed by atoms with van der Waals surface area (Å²) >= 11 is 0. The molecule has 0 spiro atoms. The Balaban J connectivity index is 0.00000300. The Kier molecular flexibility index (Phi) is 8.74. The highest BCUT2D eigenvalue weighted by atomic mass is 127. The number of piperazine rings is 1. The van der Waals surface area contributed by atoms with E-state index in [0.29, 0.717) is 38.5 Å². The Morgan fingerprint density at radius 2 is 1.90 bits per heavy atom. The molecule has 7 nitrogen and oxygen atoms in total. The van der Waals surface area contributed by atoms with Crippen molar-refractivity contribution in [1.82, 2.24) is 15.1 Å². The summed E-state index contributed by atoms with van der Waals surface area (Å²) in [6.07, 6.45) is 1.26. The third-order valence-corrected chi connectivity index (χ3v) is 4.52. The highest BCUT2D eigenvalue weighted by molar-refractivity contribution is 14.0. The quantitative estimate of drug-likeness (QED) is 0.376. The van der Waals surface area contributed by atoms with Gasteiger partial charge in [-0.15, -0.1) is 24.0 Å². The fraction of sp³-hybridized carbons (Fsp3) is 0.400. The zero-order valence-corrected chi connectivity index (χ0v) is 18.8. The van der Waals surface area contributed by atoms with Crippen molar-refractivity contribution in [2.45, 2.75) is 13.0 Å². The number of benzene rings is 1. The molecule has 1 atom stereocenters. The van der Waals surface area contributed by atoms with Crippen molar-refractivity contribution in [2.75, 3.05) is 39.8 Å². The number of amides is 1. The molecule has 3 rings (SSSR count). The molecule has 1 fully saturated rings. The van der Waals surface area contributed by atoms with Gasteiger partial charge in [-0.25, -0.2) is 4.39 Å². The summed E-state index contributed by atoms with van der Waals surface area (Å²) in [4.78, 5) is 20.5. The van der Waals surface area contributed by atoms with E-state index in [4.69, 9.17) is 9.15 Å². The average Bonchev–Trinajstić information content (AvgIpc) is 3.25. The number of halogens is 2. The summed E-state index contributed by atoms with van der Waals surface area (Å²) in [6.45, 7) is 4.84. The molecule has 0 saturated carbocycles. The van der Waals surface area contributed by atoms with Gasteiger partial charge in [0.05, 0.1) is 12.8 Å². The van der Waals surface area contributed by atoms with Crippen LogP contribution in [-0.2, 0) is 0 Å². The molecule has 1 aromatic carbocycles. The van der Waals surface area contributed by atoms with E-state index >= 15 is 0 Å². The van der Waals surface area contributed by atoms with Crippen molar-refractivity contribution in [3.05, 3.63) is 54.2 Å². The Morgan fingerprint density at radius 3 is 2.52 bits per heavy atom. The molecule has 9 heteroatoms. The van der Waals surface area contributed by atoms with E-state index in [1.165, 1.54) is 12.3 Å². The molecule has 2 aromatic rings. The number of nitrogens with one attached hydrogen (secondary N) is 1. The van der Waals surface area contributed by atoms with Crippen molar-refractivity contribution >= 4 is 35.8 Å². The molecular formula is C20H26FIN4O3. The molecule has 1 unspecified atom stereocenters. The Hall–Kier alpha value is -2.30. The predicted molar refractivity (Wildman–Crippen MR) is 119 cm³/mol. The maximum atomic E-state index is 13.7. The van der Waals surface area contributed by atoms with Crippen LogP contribution in [0.3, 0.4) is 0 Å². The van der Waals surface area contributed by atoms with Gasteiger partial charge in [-0.05, 0) is 31.2 Å². The molecule has 29 heavy (non-hydrogen) atoms. The third kappa shape index (κ3) is 6.09. The van der Waals surface area contributed by atoms with Gasteiger partial charge in [0.15, 0.2) is 23.3 Å². The largest absolute Gasteiger partial charge is 0.486 e. The monoisotopic (exact) mass is 516 g/mol. The van der Waals surface area contributed by atoms with Gasteiger partial charge in [0, 0.05) is 33.2 Å². The first-order valence-electron chi connectivity index (χ1n) is 9.28. The van der Waals surface area contributed by atoms with Crippen molar-refractivity contribution in [1.29, 1.82) is 0 Å². The molecule has 1 amide bonds. The zero-order chi connectivity index (χ0) is 19.9. The Labute approximate surface area is 186 Å². The highest BCUT2D eigenvalue weighted by Crippen LogP contribution is 2.16. The Bertz CT molecular complexity index is 808. The van der Waals surface area contributed by atoms with Gasteiger partial charge in [-0.1, -0.05) is 12.1 Å². The third-order valence-electron chi connectivity index (χ3n) is 4.52. The smallest absolute Gasteiger partial charge is 0.289 e. The van der Waals surface area contributed by atoms with Crippen molar-refractivity contribution in [2.24, 2.45) is 4.99 Å². The normalized spacial score (nSPS) is 15.5. The van der Waals surface area contributed by atoms with Crippen molar-refractivity contribution in [3.8, 4) is 5.75 Å². The van der Waals surface area contributed by atoms with Gasteiger partial charge in [-0.3, -0.25) is 9.79 Å². The number of carbonyl (C=O) groups is 1. The Morgan fingerprint density at radius 1 is 1.21 bits per heavy atom. The van der Waals surface area contributed by atoms with Crippen molar-refractivity contribution < 1.29 is 18.3 Å². The molecular weight excluding hydrogens is 490 g/mol. The number of nitrogens with zero attached hydrogens (tertiary/aromatic N) is 3. The standard InChI is InChI=1S/C20H25FN4O3.HI/c1-15(28-17-7-4-3-6-16(17)21)14-23-20(22-2)25-11-9-24(10-12-25)19(26)18-8-5-13-27-18;/h3-8,13,15H,9-12,14H2,1-2H3,(H,22,23);1H. The number of guanidine groups is 1. The summed E-state index contributed by atoms with van der Waals surface area (Å²) in [5.41, 5.74) is 0. The number of furan rings is 1. The van der Waals surface area contributed by atoms with E-state index in [9.17, 15) is 9.18 Å². The van der Waals surface area contributed by atoms with Gasteiger partial charge in [0.1, 0.15) is 6.10 Å². The molecule has 0 aliphatic carbocycles. The van der Waals surface area contributed by atoms with E-state index in [1.807, 2.05) is 6.92 Å². The number of ether oxygens (including phenoxy) is 1. The number of para-hydroxylation sites is 1. The second kappa shape index (κ2) is 11.0. The first-order valence-corrected chi connectivity index (χ1v) is 9.28. The minimum absolute atomic E-state index is 0. The van der Waals surface area contributed by atoms with E-state index < -0.39 is 0 Å². The van der Waals surface area contributed by atoms with Gasteiger partial charge in [0.25, 0.3) is 5.91 Å². The summed E-state index contributed by atoms with van der Waals surface area (Å²) < 4.78 is 24.5. The number of aliphatic imine (C=N–C) groups is 1. The van der Waals surface area contributed by atoms with Crippen LogP contribution in [0.4, 0.5) is 4.39 Å². The van der Waals surface area contributed by atoms with Crippen LogP contribution >= 0.6 is 24.0 Å². The molecule has 0 radical (unpaired) electrons. The lowest BCUT2D eigenvalue weighted by Gasteiger charge is -2.36. The van der Waals surface area contributed by atoms with Crippen LogP contribution in [0.15, 0.2) is 52.1 Å². The maximum Gasteiger partial charge on any atom is 0.289 e. The summed E-state index contributed by atoms with van der Waals surface area (Å²) in [6, 6.07) is 9.73. The van der Waals surface area contributed by atoms with Gasteiger partial charge in [0.2, 0.25) is 0 Å². The van der Waals surface area contributed by atoms with Crippen LogP contribution in [0.2, 0.25) is 0 Å². The molecule has 158 valence electrons. The average molecular weight is 516 g/mol. The number of rotatable bonds is 5. The number of carbonyl (C=O) groups excluding carboxylic acids is 1. The van der Waals surface area contributed by atoms with Crippen LogP contribution in [0, 0.1) is 5.82 Å². The number of hydrogen-bond acceptors (Lipinski definition) is 4. The lowest BCUT2D eigenvalue weighted by molar-refractivity contribution is 0.0657. The highest BCUT2D eigenvalue weighted by Gasteiger charge is 2.25. The van der Waals surface area contributed by atoms with Crippen molar-refractivity contribution in [3.63, 3.8) is 0 Å². The SMILES string of the molecule is CN=C(NCC(C)Oc1ccccc1F)N1CCN(C(=O)c2ccco2)CC1.I. The molecule has 2 heterocycles. The number of hydrogen-bond donors (Lipinski definition) is 1. The maximum absolute atomic E-state index is 13.7. The molecule has 1 saturated heterocycles. The van der Waals surface area contributed by atoms with Crippen LogP contribution < -0.4 is 10.1 Å². The van der Waals surface area contributed by atoms with Crippen LogP contribution in [-0.4, -0.2) is 67.5 Å². The van der Waals surface area contributed by atoms with E-state index in [0.717, 1.165) is 5.96 Å².